The molecule has 0 spiro atoms. The van der Waals surface area contributed by atoms with Crippen molar-refractivity contribution in [1.29, 1.82) is 0 Å². The number of rotatable bonds is 8. The lowest BCUT2D eigenvalue weighted by Crippen LogP contribution is -2.32. The van der Waals surface area contributed by atoms with E-state index >= 15 is 0 Å². The van der Waals surface area contributed by atoms with Crippen LogP contribution < -0.4 is 16.1 Å². The number of fused-ring (bicyclic) bond motifs is 1. The Morgan fingerprint density at radius 1 is 1.05 bits per heavy atom. The van der Waals surface area contributed by atoms with Crippen molar-refractivity contribution in [3.05, 3.63) is 93.6 Å². The third kappa shape index (κ3) is 5.78. The van der Waals surface area contributed by atoms with Crippen LogP contribution in [0.5, 0.6) is 0 Å². The molecule has 3 N–H and O–H groups in total. The van der Waals surface area contributed by atoms with Gasteiger partial charge in [-0.2, -0.15) is 0 Å². The van der Waals surface area contributed by atoms with E-state index in [9.17, 15) is 0 Å². The molecule has 0 fully saturated rings. The van der Waals surface area contributed by atoms with Gasteiger partial charge in [0.25, 0.3) is 0 Å². The van der Waals surface area contributed by atoms with Crippen molar-refractivity contribution in [3.63, 3.8) is 0 Å². The van der Waals surface area contributed by atoms with Crippen molar-refractivity contribution in [2.45, 2.75) is 12.8 Å². The monoisotopic (exact) mass is 599 g/mol. The van der Waals surface area contributed by atoms with E-state index in [-0.39, 0.29) is 0 Å². The number of benzene rings is 1. The van der Waals surface area contributed by atoms with Gasteiger partial charge in [-0.1, -0.05) is 34.1 Å². The van der Waals surface area contributed by atoms with E-state index in [1.807, 2.05) is 42.6 Å². The molecule has 8 nitrogen and oxygen atoms in total. The summed E-state index contributed by atoms with van der Waals surface area (Å²) in [6.45, 7) is 2.27. The van der Waals surface area contributed by atoms with Crippen molar-refractivity contribution >= 4 is 49.9 Å². The second-order valence-electron chi connectivity index (χ2n) is 9.13. The van der Waals surface area contributed by atoms with Crippen LogP contribution in [0.15, 0.2) is 88.7 Å². The molecule has 1 aliphatic rings. The summed E-state index contributed by atoms with van der Waals surface area (Å²) in [7, 11) is 0. The molecule has 1 aromatic carbocycles. The zero-order chi connectivity index (χ0) is 26.6. The van der Waals surface area contributed by atoms with Crippen LogP contribution in [0.1, 0.15) is 11.3 Å². The lowest BCUT2D eigenvalue weighted by atomic mass is 10.0. The average molecular weight is 601 g/mol. The number of hydrogen-bond acceptors (Lipinski definition) is 9. The molecule has 0 unspecified atom stereocenters. The van der Waals surface area contributed by atoms with E-state index in [1.165, 1.54) is 11.2 Å². The topological polar surface area (TPSA) is 102 Å². The summed E-state index contributed by atoms with van der Waals surface area (Å²) >= 11 is 5.33. The molecule has 0 saturated heterocycles. The van der Waals surface area contributed by atoms with Crippen molar-refractivity contribution in [2.24, 2.45) is 0 Å². The molecule has 196 valence electrons. The molecule has 10 heteroatoms. The number of nitrogens with zero attached hydrogens (tertiary/aromatic N) is 5. The van der Waals surface area contributed by atoms with Gasteiger partial charge in [-0.3, -0.25) is 10.3 Å². The molecule has 0 bridgehead atoms. The Bertz CT molecular complexity index is 1620. The number of halogens is 1. The summed E-state index contributed by atoms with van der Waals surface area (Å²) in [6, 6.07) is 18.4. The summed E-state index contributed by atoms with van der Waals surface area (Å²) in [5.74, 6) is 1.33. The molecule has 0 aliphatic carbocycles. The fourth-order valence-corrected chi connectivity index (χ4v) is 5.65. The van der Waals surface area contributed by atoms with Gasteiger partial charge in [0.05, 0.1) is 17.7 Å². The Balaban J connectivity index is 1.17. The minimum absolute atomic E-state index is 0.405. The molecule has 1 aliphatic heterocycles. The highest BCUT2D eigenvalue weighted by atomic mass is 79.9. The lowest BCUT2D eigenvalue weighted by molar-refractivity contribution is 0.0626. The van der Waals surface area contributed by atoms with E-state index in [1.54, 1.807) is 11.3 Å². The van der Waals surface area contributed by atoms with Crippen LogP contribution in [0.3, 0.4) is 0 Å². The van der Waals surface area contributed by atoms with Crippen LogP contribution in [-0.4, -0.2) is 39.6 Å². The summed E-state index contributed by atoms with van der Waals surface area (Å²) < 4.78 is 0.979. The highest BCUT2D eigenvalue weighted by molar-refractivity contribution is 9.10. The predicted octanol–water partition coefficient (Wildman–Crippen LogP) is 6.02. The number of nitrogen functional groups attached to an aromatic ring is 1. The van der Waals surface area contributed by atoms with E-state index < -0.39 is 0 Å². The molecule has 39 heavy (non-hydrogen) atoms. The molecule has 6 rings (SSSR count). The molecule has 5 aromatic rings. The van der Waals surface area contributed by atoms with Gasteiger partial charge in [-0.05, 0) is 59.0 Å². The largest absolute Gasteiger partial charge is 0.383 e. The Morgan fingerprint density at radius 3 is 2.77 bits per heavy atom. The summed E-state index contributed by atoms with van der Waals surface area (Å²) in [4.78, 5) is 27.4. The molecule has 4 aromatic heterocycles. The first kappa shape index (κ1) is 25.4. The predicted molar refractivity (Wildman–Crippen MR) is 160 cm³/mol. The Morgan fingerprint density at radius 2 is 2.00 bits per heavy atom. The third-order valence-electron chi connectivity index (χ3n) is 6.58. The van der Waals surface area contributed by atoms with E-state index in [4.69, 9.17) is 20.5 Å². The first-order valence-corrected chi connectivity index (χ1v) is 14.3. The maximum atomic E-state index is 6.25. The minimum Gasteiger partial charge on any atom is -0.383 e. The highest BCUT2D eigenvalue weighted by Crippen LogP contribution is 2.34. The number of hydroxylamine groups is 1. The Labute approximate surface area is 238 Å². The zero-order valence-electron chi connectivity index (χ0n) is 21.0. The Hall–Kier alpha value is -3.86. The molecule has 5 heterocycles. The van der Waals surface area contributed by atoms with Gasteiger partial charge < -0.3 is 10.6 Å². The van der Waals surface area contributed by atoms with Gasteiger partial charge in [0, 0.05) is 52.7 Å². The fourth-order valence-electron chi connectivity index (χ4n) is 4.56. The maximum Gasteiger partial charge on any atom is 0.165 e. The molecule has 0 saturated carbocycles. The number of nitrogens with one attached hydrogen (secondary N) is 1. The van der Waals surface area contributed by atoms with E-state index in [0.717, 1.165) is 69.7 Å². The highest BCUT2D eigenvalue weighted by Gasteiger charge is 2.16. The Kier molecular flexibility index (Phi) is 7.49. The van der Waals surface area contributed by atoms with Gasteiger partial charge in [-0.25, -0.2) is 19.9 Å². The van der Waals surface area contributed by atoms with Crippen LogP contribution in [0.4, 0.5) is 11.6 Å². The second kappa shape index (κ2) is 11.5. The van der Waals surface area contributed by atoms with Crippen LogP contribution in [-0.2, 0) is 11.3 Å². The molecule has 0 amide bonds. The van der Waals surface area contributed by atoms with Gasteiger partial charge in [0.1, 0.15) is 18.0 Å². The van der Waals surface area contributed by atoms with Crippen LogP contribution in [0, 0.1) is 0 Å². The first-order valence-electron chi connectivity index (χ1n) is 12.6. The number of anilines is 2. The van der Waals surface area contributed by atoms with Crippen LogP contribution >= 0.6 is 27.3 Å². The number of pyridine rings is 2. The first-order chi connectivity index (χ1) is 19.1. The van der Waals surface area contributed by atoms with Gasteiger partial charge in [0.2, 0.25) is 0 Å². The van der Waals surface area contributed by atoms with Crippen molar-refractivity contribution in [1.82, 2.24) is 25.4 Å². The van der Waals surface area contributed by atoms with E-state index in [0.29, 0.717) is 18.1 Å². The second-order valence-corrected chi connectivity index (χ2v) is 11.1. The smallest absolute Gasteiger partial charge is 0.165 e. The summed E-state index contributed by atoms with van der Waals surface area (Å²) in [5.41, 5.74) is 14.6. The molecular formula is C29H26BrN7OS. The van der Waals surface area contributed by atoms with Gasteiger partial charge in [0.15, 0.2) is 5.65 Å². The average Bonchev–Trinajstić information content (AvgIpc) is 3.49. The zero-order valence-corrected chi connectivity index (χ0v) is 23.5. The fraction of sp³-hybridized carbons (Fsp3) is 0.172. The SMILES string of the molecule is Nc1ncnc2nc(-c3ccc(N4CC=C(NOCCc5cccs5)CC4)nc3)cc(-c3cccc(Br)c3)c12. The minimum atomic E-state index is 0.405. The third-order valence-corrected chi connectivity index (χ3v) is 8.01. The quantitative estimate of drug-likeness (QED) is 0.165. The number of hydrogen-bond donors (Lipinski definition) is 2. The molecule has 0 radical (unpaired) electrons. The summed E-state index contributed by atoms with van der Waals surface area (Å²) in [5, 5.41) is 2.83. The van der Waals surface area contributed by atoms with Crippen LogP contribution in [0.25, 0.3) is 33.4 Å². The van der Waals surface area contributed by atoms with Crippen LogP contribution in [0.2, 0.25) is 0 Å². The van der Waals surface area contributed by atoms with Crippen molar-refractivity contribution < 1.29 is 4.84 Å². The van der Waals surface area contributed by atoms with Gasteiger partial charge in [-0.15, -0.1) is 11.3 Å². The lowest BCUT2D eigenvalue weighted by Gasteiger charge is -2.27. The normalized spacial score (nSPS) is 13.5. The van der Waals surface area contributed by atoms with Crippen molar-refractivity contribution in [3.8, 4) is 22.4 Å². The summed E-state index contributed by atoms with van der Waals surface area (Å²) in [6.07, 6.45) is 7.25. The number of thiophene rings is 1. The molecular weight excluding hydrogens is 574 g/mol. The standard InChI is InChI=1S/C29H26BrN7OS/c30-21-4-1-3-19(15-21)24-16-25(35-29-27(24)28(31)33-18-34-29)20-6-7-26(32-17-20)37-11-8-22(9-12-37)36-38-13-10-23-5-2-14-39-23/h1-8,14-18,36H,9-13H2,(H2,31,33,34,35). The van der Waals surface area contributed by atoms with E-state index in [2.05, 4.69) is 65.9 Å². The van der Waals surface area contributed by atoms with Gasteiger partial charge >= 0.3 is 0 Å². The number of aromatic nitrogens is 4. The maximum absolute atomic E-state index is 6.25. The molecule has 0 atom stereocenters. The number of nitrogens with two attached hydrogens (primary N) is 1. The van der Waals surface area contributed by atoms with Crippen molar-refractivity contribution in [2.75, 3.05) is 30.3 Å².